The van der Waals surface area contributed by atoms with Crippen LogP contribution in [0.2, 0.25) is 0 Å². The molecule has 0 spiro atoms. The predicted molar refractivity (Wildman–Crippen MR) is 57.3 cm³/mol. The van der Waals surface area contributed by atoms with Crippen molar-refractivity contribution < 1.29 is 0 Å². The van der Waals surface area contributed by atoms with Crippen molar-refractivity contribution in [3.05, 3.63) is 30.1 Å². The van der Waals surface area contributed by atoms with Crippen molar-refractivity contribution in [2.24, 2.45) is 0 Å². The molecule has 0 saturated heterocycles. The molecule has 72 valence electrons. The van der Waals surface area contributed by atoms with Crippen molar-refractivity contribution in [2.75, 3.05) is 0 Å². The van der Waals surface area contributed by atoms with Crippen LogP contribution < -0.4 is 0 Å². The fraction of sp³-hybridized carbons (Fsp3) is 0.417. The molecule has 2 aromatic rings. The van der Waals surface area contributed by atoms with Crippen molar-refractivity contribution in [3.63, 3.8) is 0 Å². The maximum absolute atomic E-state index is 4.32. The minimum absolute atomic E-state index is 0.771. The second-order valence-corrected chi connectivity index (χ2v) is 4.12. The number of nitrogens with one attached hydrogen (secondary N) is 1. The molecule has 3 rings (SSSR count). The van der Waals surface area contributed by atoms with Gasteiger partial charge in [0.2, 0.25) is 0 Å². The number of aromatic nitrogens is 2. The zero-order chi connectivity index (χ0) is 9.38. The molecule has 2 heteroatoms. The number of pyridine rings is 1. The SMILES string of the molecule is c1cnc2[nH]cc(C3CCCC3)c2c1. The Balaban J connectivity index is 2.11. The first kappa shape index (κ1) is 8.04. The fourth-order valence-corrected chi connectivity index (χ4v) is 2.55. The summed E-state index contributed by atoms with van der Waals surface area (Å²) >= 11 is 0. The van der Waals surface area contributed by atoms with Gasteiger partial charge in [-0.1, -0.05) is 12.8 Å². The molecule has 0 unspecified atom stereocenters. The lowest BCUT2D eigenvalue weighted by Crippen LogP contribution is -1.89. The van der Waals surface area contributed by atoms with E-state index in [1.165, 1.54) is 36.6 Å². The number of hydrogen-bond acceptors (Lipinski definition) is 1. The van der Waals surface area contributed by atoms with Gasteiger partial charge in [0.05, 0.1) is 0 Å². The molecule has 1 aliphatic rings. The van der Waals surface area contributed by atoms with Crippen LogP contribution in [-0.2, 0) is 0 Å². The molecule has 1 fully saturated rings. The highest BCUT2D eigenvalue weighted by Crippen LogP contribution is 2.36. The molecule has 2 aromatic heterocycles. The smallest absolute Gasteiger partial charge is 0.137 e. The molecule has 1 saturated carbocycles. The van der Waals surface area contributed by atoms with Gasteiger partial charge >= 0.3 is 0 Å². The topological polar surface area (TPSA) is 28.7 Å². The summed E-state index contributed by atoms with van der Waals surface area (Å²) in [4.78, 5) is 7.57. The summed E-state index contributed by atoms with van der Waals surface area (Å²) in [6.45, 7) is 0. The van der Waals surface area contributed by atoms with Crippen LogP contribution in [-0.4, -0.2) is 9.97 Å². The lowest BCUT2D eigenvalue weighted by molar-refractivity contribution is 0.729. The summed E-state index contributed by atoms with van der Waals surface area (Å²) in [5.41, 5.74) is 2.51. The molecule has 0 bridgehead atoms. The monoisotopic (exact) mass is 186 g/mol. The van der Waals surface area contributed by atoms with Gasteiger partial charge in [0.1, 0.15) is 5.65 Å². The summed E-state index contributed by atoms with van der Waals surface area (Å²) in [5, 5.41) is 1.32. The van der Waals surface area contributed by atoms with Crippen LogP contribution in [0.1, 0.15) is 37.2 Å². The molecule has 0 aromatic carbocycles. The lowest BCUT2D eigenvalue weighted by atomic mass is 9.98. The van der Waals surface area contributed by atoms with Crippen molar-refractivity contribution in [1.29, 1.82) is 0 Å². The number of H-pyrrole nitrogens is 1. The zero-order valence-corrected chi connectivity index (χ0v) is 8.16. The van der Waals surface area contributed by atoms with Gasteiger partial charge in [-0.25, -0.2) is 4.98 Å². The Kier molecular flexibility index (Phi) is 1.79. The van der Waals surface area contributed by atoms with Crippen molar-refractivity contribution in [2.45, 2.75) is 31.6 Å². The Labute approximate surface area is 83.4 Å². The van der Waals surface area contributed by atoms with E-state index < -0.39 is 0 Å². The number of nitrogens with zero attached hydrogens (tertiary/aromatic N) is 1. The molecular formula is C12H14N2. The maximum atomic E-state index is 4.32. The highest BCUT2D eigenvalue weighted by molar-refractivity contribution is 5.80. The highest BCUT2D eigenvalue weighted by Gasteiger charge is 2.19. The molecule has 0 amide bonds. The predicted octanol–water partition coefficient (Wildman–Crippen LogP) is 3.22. The molecule has 2 nitrogen and oxygen atoms in total. The van der Waals surface area contributed by atoms with Crippen molar-refractivity contribution >= 4 is 11.0 Å². The van der Waals surface area contributed by atoms with E-state index in [0.29, 0.717) is 0 Å². The third-order valence-corrected chi connectivity index (χ3v) is 3.28. The van der Waals surface area contributed by atoms with Gasteiger partial charge in [0, 0.05) is 17.8 Å². The first-order valence-corrected chi connectivity index (χ1v) is 5.37. The summed E-state index contributed by atoms with van der Waals surface area (Å²) in [5.74, 6) is 0.771. The van der Waals surface area contributed by atoms with Crippen LogP contribution >= 0.6 is 0 Å². The van der Waals surface area contributed by atoms with Crippen LogP contribution in [0.4, 0.5) is 0 Å². The minimum Gasteiger partial charge on any atom is -0.346 e. The van der Waals surface area contributed by atoms with E-state index in [2.05, 4.69) is 22.2 Å². The summed E-state index contributed by atoms with van der Waals surface area (Å²) in [6, 6.07) is 4.20. The van der Waals surface area contributed by atoms with Gasteiger partial charge in [-0.15, -0.1) is 0 Å². The molecule has 0 aliphatic heterocycles. The van der Waals surface area contributed by atoms with Gasteiger partial charge < -0.3 is 4.98 Å². The third kappa shape index (κ3) is 1.14. The van der Waals surface area contributed by atoms with Crippen LogP contribution in [0.3, 0.4) is 0 Å². The van der Waals surface area contributed by atoms with Crippen LogP contribution in [0, 0.1) is 0 Å². The Morgan fingerprint density at radius 1 is 1.29 bits per heavy atom. The fourth-order valence-electron chi connectivity index (χ4n) is 2.55. The van der Waals surface area contributed by atoms with Gasteiger partial charge in [-0.3, -0.25) is 0 Å². The molecule has 0 atom stereocenters. The number of aromatic amines is 1. The molecule has 1 aliphatic carbocycles. The van der Waals surface area contributed by atoms with E-state index in [-0.39, 0.29) is 0 Å². The number of fused-ring (bicyclic) bond motifs is 1. The molecule has 1 N–H and O–H groups in total. The summed E-state index contributed by atoms with van der Waals surface area (Å²) in [6.07, 6.45) is 9.46. The van der Waals surface area contributed by atoms with E-state index in [9.17, 15) is 0 Å². The molecule has 0 radical (unpaired) electrons. The number of rotatable bonds is 1. The summed E-state index contributed by atoms with van der Waals surface area (Å²) < 4.78 is 0. The van der Waals surface area contributed by atoms with Crippen molar-refractivity contribution in [1.82, 2.24) is 9.97 Å². The van der Waals surface area contributed by atoms with Gasteiger partial charge in [0.15, 0.2) is 0 Å². The van der Waals surface area contributed by atoms with Crippen LogP contribution in [0.15, 0.2) is 24.5 Å². The van der Waals surface area contributed by atoms with E-state index >= 15 is 0 Å². The minimum atomic E-state index is 0.771. The molecule has 2 heterocycles. The van der Waals surface area contributed by atoms with Gasteiger partial charge in [-0.2, -0.15) is 0 Å². The second-order valence-electron chi connectivity index (χ2n) is 4.12. The molecule has 14 heavy (non-hydrogen) atoms. The Bertz CT molecular complexity index is 438. The Morgan fingerprint density at radius 3 is 3.00 bits per heavy atom. The first-order valence-electron chi connectivity index (χ1n) is 5.37. The van der Waals surface area contributed by atoms with E-state index in [0.717, 1.165) is 11.6 Å². The number of hydrogen-bond donors (Lipinski definition) is 1. The average molecular weight is 186 g/mol. The third-order valence-electron chi connectivity index (χ3n) is 3.28. The first-order chi connectivity index (χ1) is 6.95. The van der Waals surface area contributed by atoms with Crippen LogP contribution in [0.5, 0.6) is 0 Å². The quantitative estimate of drug-likeness (QED) is 0.727. The normalized spacial score (nSPS) is 18.0. The van der Waals surface area contributed by atoms with Gasteiger partial charge in [-0.05, 0) is 36.5 Å². The van der Waals surface area contributed by atoms with E-state index in [1.807, 2.05) is 12.3 Å². The Hall–Kier alpha value is -1.31. The van der Waals surface area contributed by atoms with Crippen LogP contribution in [0.25, 0.3) is 11.0 Å². The lowest BCUT2D eigenvalue weighted by Gasteiger charge is -2.06. The largest absolute Gasteiger partial charge is 0.346 e. The zero-order valence-electron chi connectivity index (χ0n) is 8.16. The van der Waals surface area contributed by atoms with Crippen molar-refractivity contribution in [3.8, 4) is 0 Å². The Morgan fingerprint density at radius 2 is 2.14 bits per heavy atom. The summed E-state index contributed by atoms with van der Waals surface area (Å²) in [7, 11) is 0. The maximum Gasteiger partial charge on any atom is 0.137 e. The molecular weight excluding hydrogens is 172 g/mol. The van der Waals surface area contributed by atoms with E-state index in [1.54, 1.807) is 0 Å². The standard InChI is InChI=1S/C12H14N2/c1-2-5-9(4-1)11-8-14-12-10(11)6-3-7-13-12/h3,6-9H,1-2,4-5H2,(H,13,14). The van der Waals surface area contributed by atoms with Gasteiger partial charge in [0.25, 0.3) is 0 Å². The average Bonchev–Trinajstić information content (AvgIpc) is 2.85. The highest BCUT2D eigenvalue weighted by atomic mass is 14.8. The second kappa shape index (κ2) is 3.12. The van der Waals surface area contributed by atoms with E-state index in [4.69, 9.17) is 0 Å².